The van der Waals surface area contributed by atoms with E-state index in [0.717, 1.165) is 5.56 Å². The van der Waals surface area contributed by atoms with Gasteiger partial charge in [-0.1, -0.05) is 30.3 Å². The summed E-state index contributed by atoms with van der Waals surface area (Å²) in [5, 5.41) is 0. The number of halogens is 2. The van der Waals surface area contributed by atoms with Crippen molar-refractivity contribution in [3.8, 4) is 0 Å². The molecule has 0 saturated carbocycles. The molecule has 1 fully saturated rings. The highest BCUT2D eigenvalue weighted by atomic mass is 35.5. The fraction of sp³-hybridized carbons (Fsp3) is 0.462. The van der Waals surface area contributed by atoms with Gasteiger partial charge in [0.05, 0.1) is 0 Å². The summed E-state index contributed by atoms with van der Waals surface area (Å²) in [4.78, 5) is 13.1. The SMILES string of the molecule is C[C@@]1(Cl)C(=O)N(Cc2ccccc2)C[C@@H]1CCl. The molecule has 2 rings (SSSR count). The Hall–Kier alpha value is -0.730. The second kappa shape index (κ2) is 4.87. The smallest absolute Gasteiger partial charge is 0.244 e. The van der Waals surface area contributed by atoms with Gasteiger partial charge in [-0.05, 0) is 12.5 Å². The molecule has 1 aromatic rings. The molecule has 2 nitrogen and oxygen atoms in total. The van der Waals surface area contributed by atoms with Gasteiger partial charge < -0.3 is 4.90 Å². The summed E-state index contributed by atoms with van der Waals surface area (Å²) < 4.78 is 0. The summed E-state index contributed by atoms with van der Waals surface area (Å²) >= 11 is 12.1. The molecule has 1 aliphatic rings. The topological polar surface area (TPSA) is 20.3 Å². The number of amides is 1. The van der Waals surface area contributed by atoms with Crippen molar-refractivity contribution < 1.29 is 4.79 Å². The summed E-state index contributed by atoms with van der Waals surface area (Å²) in [6, 6.07) is 9.91. The highest BCUT2D eigenvalue weighted by Crippen LogP contribution is 2.36. The van der Waals surface area contributed by atoms with Crippen molar-refractivity contribution in [1.82, 2.24) is 4.90 Å². The summed E-state index contributed by atoms with van der Waals surface area (Å²) in [6.07, 6.45) is 0. The van der Waals surface area contributed by atoms with Gasteiger partial charge in [-0.3, -0.25) is 4.79 Å². The van der Waals surface area contributed by atoms with Crippen LogP contribution in [0, 0.1) is 5.92 Å². The number of rotatable bonds is 3. The quantitative estimate of drug-likeness (QED) is 0.775. The molecule has 0 N–H and O–H groups in total. The van der Waals surface area contributed by atoms with E-state index in [4.69, 9.17) is 23.2 Å². The van der Waals surface area contributed by atoms with Gasteiger partial charge in [-0.2, -0.15) is 0 Å². The van der Waals surface area contributed by atoms with Gasteiger partial charge >= 0.3 is 0 Å². The van der Waals surface area contributed by atoms with Crippen LogP contribution in [0.5, 0.6) is 0 Å². The first-order valence-electron chi connectivity index (χ1n) is 5.64. The second-order valence-corrected chi connectivity index (χ2v) is 5.69. The predicted octanol–water partition coefficient (Wildman–Crippen LogP) is 2.88. The minimum Gasteiger partial charge on any atom is -0.336 e. The molecule has 0 unspecified atom stereocenters. The lowest BCUT2D eigenvalue weighted by Crippen LogP contribution is -2.35. The van der Waals surface area contributed by atoms with E-state index in [9.17, 15) is 4.79 Å². The third-order valence-electron chi connectivity index (χ3n) is 3.32. The van der Waals surface area contributed by atoms with Crippen molar-refractivity contribution in [2.45, 2.75) is 18.3 Å². The van der Waals surface area contributed by atoms with Gasteiger partial charge in [0.1, 0.15) is 4.87 Å². The van der Waals surface area contributed by atoms with Crippen LogP contribution in [0.25, 0.3) is 0 Å². The lowest BCUT2D eigenvalue weighted by atomic mass is 9.99. The molecule has 1 aromatic carbocycles. The fourth-order valence-electron chi connectivity index (χ4n) is 2.14. The molecular formula is C13H15Cl2NO. The van der Waals surface area contributed by atoms with Gasteiger partial charge in [-0.15, -0.1) is 23.2 Å². The highest BCUT2D eigenvalue weighted by molar-refractivity contribution is 6.36. The molecule has 2 atom stereocenters. The number of carbonyl (C=O) groups excluding carboxylic acids is 1. The number of hydrogen-bond acceptors (Lipinski definition) is 1. The van der Waals surface area contributed by atoms with E-state index in [-0.39, 0.29) is 11.8 Å². The van der Waals surface area contributed by atoms with Gasteiger partial charge in [0.15, 0.2) is 0 Å². The molecular weight excluding hydrogens is 257 g/mol. The summed E-state index contributed by atoms with van der Waals surface area (Å²) in [5.74, 6) is 0.410. The van der Waals surface area contributed by atoms with Gasteiger partial charge in [0, 0.05) is 24.9 Å². The Balaban J connectivity index is 2.12. The van der Waals surface area contributed by atoms with Crippen LogP contribution >= 0.6 is 23.2 Å². The number of benzene rings is 1. The van der Waals surface area contributed by atoms with E-state index >= 15 is 0 Å². The fourth-order valence-corrected chi connectivity index (χ4v) is 2.89. The number of likely N-dealkylation sites (tertiary alicyclic amines) is 1. The Labute approximate surface area is 112 Å². The number of alkyl halides is 2. The van der Waals surface area contributed by atoms with Crippen molar-refractivity contribution in [2.75, 3.05) is 12.4 Å². The average molecular weight is 272 g/mol. The normalized spacial score (nSPS) is 28.8. The maximum atomic E-state index is 12.1. The van der Waals surface area contributed by atoms with Crippen LogP contribution in [0.1, 0.15) is 12.5 Å². The van der Waals surface area contributed by atoms with Crippen LogP contribution in [-0.4, -0.2) is 28.1 Å². The van der Waals surface area contributed by atoms with Gasteiger partial charge in [-0.25, -0.2) is 0 Å². The molecule has 1 heterocycles. The zero-order valence-corrected chi connectivity index (χ0v) is 11.2. The largest absolute Gasteiger partial charge is 0.336 e. The monoisotopic (exact) mass is 271 g/mol. The van der Waals surface area contributed by atoms with Crippen LogP contribution in [0.4, 0.5) is 0 Å². The Morgan fingerprint density at radius 3 is 2.59 bits per heavy atom. The molecule has 0 radical (unpaired) electrons. The van der Waals surface area contributed by atoms with E-state index in [1.807, 2.05) is 30.3 Å². The van der Waals surface area contributed by atoms with Crippen LogP contribution in [-0.2, 0) is 11.3 Å². The Morgan fingerprint density at radius 2 is 2.06 bits per heavy atom. The second-order valence-electron chi connectivity index (χ2n) is 4.60. The van der Waals surface area contributed by atoms with Crippen molar-refractivity contribution in [3.05, 3.63) is 35.9 Å². The zero-order chi connectivity index (χ0) is 12.5. The first kappa shape index (κ1) is 12.7. The zero-order valence-electron chi connectivity index (χ0n) is 9.70. The number of hydrogen-bond donors (Lipinski definition) is 0. The third-order valence-corrected chi connectivity index (χ3v) is 4.16. The summed E-state index contributed by atoms with van der Waals surface area (Å²) in [7, 11) is 0. The third kappa shape index (κ3) is 2.43. The lowest BCUT2D eigenvalue weighted by Gasteiger charge is -2.19. The average Bonchev–Trinajstić information content (AvgIpc) is 2.54. The van der Waals surface area contributed by atoms with Crippen LogP contribution < -0.4 is 0 Å². The predicted molar refractivity (Wildman–Crippen MR) is 70.3 cm³/mol. The molecule has 0 spiro atoms. The highest BCUT2D eigenvalue weighted by Gasteiger charge is 2.48. The molecule has 4 heteroatoms. The molecule has 92 valence electrons. The maximum Gasteiger partial charge on any atom is 0.244 e. The van der Waals surface area contributed by atoms with Gasteiger partial charge in [0.2, 0.25) is 5.91 Å². The van der Waals surface area contributed by atoms with Crippen LogP contribution in [0.3, 0.4) is 0 Å². The van der Waals surface area contributed by atoms with E-state index in [1.54, 1.807) is 11.8 Å². The van der Waals surface area contributed by atoms with Crippen molar-refractivity contribution in [1.29, 1.82) is 0 Å². The lowest BCUT2D eigenvalue weighted by molar-refractivity contribution is -0.130. The molecule has 0 aliphatic carbocycles. The number of nitrogens with zero attached hydrogens (tertiary/aromatic N) is 1. The molecule has 1 amide bonds. The maximum absolute atomic E-state index is 12.1. The molecule has 0 bridgehead atoms. The Bertz CT molecular complexity index is 405. The van der Waals surface area contributed by atoms with Gasteiger partial charge in [0.25, 0.3) is 0 Å². The van der Waals surface area contributed by atoms with Crippen molar-refractivity contribution in [2.24, 2.45) is 5.92 Å². The first-order chi connectivity index (χ1) is 8.05. The molecule has 17 heavy (non-hydrogen) atoms. The minimum atomic E-state index is -0.851. The Kier molecular flexibility index (Phi) is 3.64. The molecule has 1 saturated heterocycles. The van der Waals surface area contributed by atoms with E-state index in [1.165, 1.54) is 0 Å². The van der Waals surface area contributed by atoms with Crippen LogP contribution in [0.2, 0.25) is 0 Å². The van der Waals surface area contributed by atoms with E-state index in [0.29, 0.717) is 19.0 Å². The first-order valence-corrected chi connectivity index (χ1v) is 6.55. The van der Waals surface area contributed by atoms with Crippen molar-refractivity contribution >= 4 is 29.1 Å². The summed E-state index contributed by atoms with van der Waals surface area (Å²) in [5.41, 5.74) is 1.11. The standard InChI is InChI=1S/C13H15Cl2NO/c1-13(15)11(7-14)9-16(12(13)17)8-10-5-3-2-4-6-10/h2-6,11H,7-9H2,1H3/t11-,13-/m0/s1. The minimum absolute atomic E-state index is 0.0158. The molecule has 1 aliphatic heterocycles. The Morgan fingerprint density at radius 1 is 1.41 bits per heavy atom. The van der Waals surface area contributed by atoms with Crippen molar-refractivity contribution in [3.63, 3.8) is 0 Å². The van der Waals surface area contributed by atoms with E-state index < -0.39 is 4.87 Å². The molecule has 0 aromatic heterocycles. The number of carbonyl (C=O) groups is 1. The summed E-state index contributed by atoms with van der Waals surface area (Å²) in [6.45, 7) is 3.00. The van der Waals surface area contributed by atoms with Crippen LogP contribution in [0.15, 0.2) is 30.3 Å². The van der Waals surface area contributed by atoms with E-state index in [2.05, 4.69) is 0 Å².